The third kappa shape index (κ3) is 5.21. The van der Waals surface area contributed by atoms with Gasteiger partial charge in [-0.05, 0) is 37.6 Å². The number of rotatable bonds is 8. The molecule has 4 aromatic rings. The SMILES string of the molecule is CCOC(=O)C1=C(C)N=c2s/c(=C\c3ccc(COc4cc([N+](=O)[O-])ccc4F)o3)c(=O)n2[C@@H]1c1ccccc1. The van der Waals surface area contributed by atoms with Crippen LogP contribution in [0.3, 0.4) is 0 Å². The minimum Gasteiger partial charge on any atom is -0.482 e. The number of ether oxygens (including phenoxy) is 2. The maximum atomic E-state index is 14.0. The number of fused-ring (bicyclic) bond motifs is 1. The number of nitro benzene ring substituents is 1. The molecule has 1 aliphatic rings. The summed E-state index contributed by atoms with van der Waals surface area (Å²) < 4.78 is 32.2. The molecule has 0 bridgehead atoms. The number of benzene rings is 2. The highest BCUT2D eigenvalue weighted by atomic mass is 32.1. The van der Waals surface area contributed by atoms with Gasteiger partial charge in [-0.15, -0.1) is 0 Å². The second-order valence-electron chi connectivity index (χ2n) is 8.68. The number of hydrogen-bond acceptors (Lipinski definition) is 9. The molecule has 204 valence electrons. The van der Waals surface area contributed by atoms with Crippen LogP contribution in [0.1, 0.15) is 37.0 Å². The van der Waals surface area contributed by atoms with E-state index in [9.17, 15) is 24.1 Å². The normalized spacial score (nSPS) is 15.0. The Labute approximate surface area is 230 Å². The minimum absolute atomic E-state index is 0.180. The lowest BCUT2D eigenvalue weighted by atomic mass is 9.96. The van der Waals surface area contributed by atoms with E-state index >= 15 is 0 Å². The molecule has 0 saturated carbocycles. The van der Waals surface area contributed by atoms with Crippen molar-refractivity contribution in [3.05, 3.63) is 125 Å². The Morgan fingerprint density at radius 1 is 1.23 bits per heavy atom. The minimum atomic E-state index is -0.746. The standard InChI is InChI=1S/C28H22FN3O7S/c1-3-37-27(34)24-16(2)30-28-31(25(24)17-7-5-4-6-8-17)26(33)23(40-28)14-19-10-11-20(39-19)15-38-22-13-18(32(35)36)9-12-21(22)29/h4-14,25H,3,15H2,1-2H3/b23-14-/t25-/m1/s1. The van der Waals surface area contributed by atoms with Crippen LogP contribution in [-0.2, 0) is 16.1 Å². The summed E-state index contributed by atoms with van der Waals surface area (Å²) in [5, 5.41) is 11.0. The fourth-order valence-electron chi connectivity index (χ4n) is 4.29. The summed E-state index contributed by atoms with van der Waals surface area (Å²) in [7, 11) is 0. The van der Waals surface area contributed by atoms with Crippen molar-refractivity contribution in [2.24, 2.45) is 4.99 Å². The zero-order chi connectivity index (χ0) is 28.4. The van der Waals surface area contributed by atoms with E-state index in [2.05, 4.69) is 4.99 Å². The Hall–Kier alpha value is -4.84. The maximum absolute atomic E-state index is 14.0. The van der Waals surface area contributed by atoms with E-state index in [4.69, 9.17) is 13.9 Å². The van der Waals surface area contributed by atoms with E-state index in [1.54, 1.807) is 32.1 Å². The van der Waals surface area contributed by atoms with Crippen LogP contribution in [0.2, 0.25) is 0 Å². The van der Waals surface area contributed by atoms with Gasteiger partial charge in [0.05, 0.1) is 39.4 Å². The number of thiazole rings is 1. The van der Waals surface area contributed by atoms with Gasteiger partial charge in [-0.2, -0.15) is 0 Å². The fraction of sp³-hybridized carbons (Fsp3) is 0.179. The molecule has 2 aromatic carbocycles. The molecule has 0 radical (unpaired) electrons. The summed E-state index contributed by atoms with van der Waals surface area (Å²) in [5.41, 5.74) is 0.823. The van der Waals surface area contributed by atoms with E-state index in [0.29, 0.717) is 26.6 Å². The number of carbonyl (C=O) groups is 1. The van der Waals surface area contributed by atoms with Crippen LogP contribution in [0.15, 0.2) is 86.1 Å². The highest BCUT2D eigenvalue weighted by Crippen LogP contribution is 2.30. The molecule has 5 rings (SSSR count). The first-order chi connectivity index (χ1) is 19.3. The summed E-state index contributed by atoms with van der Waals surface area (Å²) in [4.78, 5) is 41.8. The molecule has 1 aliphatic heterocycles. The Kier molecular flexibility index (Phi) is 7.43. The Morgan fingerprint density at radius 3 is 2.73 bits per heavy atom. The molecular formula is C28H22FN3O7S. The molecule has 0 unspecified atom stereocenters. The van der Waals surface area contributed by atoms with Crippen molar-refractivity contribution in [2.75, 3.05) is 6.61 Å². The Morgan fingerprint density at radius 2 is 2.00 bits per heavy atom. The first-order valence-corrected chi connectivity index (χ1v) is 13.0. The number of nitrogens with zero attached hydrogens (tertiary/aromatic N) is 3. The maximum Gasteiger partial charge on any atom is 0.338 e. The zero-order valence-corrected chi connectivity index (χ0v) is 22.1. The summed E-state index contributed by atoms with van der Waals surface area (Å²) in [6.07, 6.45) is 1.55. The molecule has 40 heavy (non-hydrogen) atoms. The number of halogens is 1. The van der Waals surface area contributed by atoms with Gasteiger partial charge in [-0.25, -0.2) is 14.2 Å². The average Bonchev–Trinajstić information content (AvgIpc) is 3.51. The molecule has 1 atom stereocenters. The summed E-state index contributed by atoms with van der Waals surface area (Å²) >= 11 is 1.15. The molecule has 0 aliphatic carbocycles. The molecular weight excluding hydrogens is 541 g/mol. The average molecular weight is 564 g/mol. The lowest BCUT2D eigenvalue weighted by Crippen LogP contribution is -2.39. The third-order valence-electron chi connectivity index (χ3n) is 6.08. The topological polar surface area (TPSA) is 126 Å². The van der Waals surface area contributed by atoms with Crippen molar-refractivity contribution >= 4 is 29.1 Å². The lowest BCUT2D eigenvalue weighted by Gasteiger charge is -2.24. The zero-order valence-electron chi connectivity index (χ0n) is 21.3. The first kappa shape index (κ1) is 26.8. The van der Waals surface area contributed by atoms with Crippen LogP contribution in [0.25, 0.3) is 6.08 Å². The van der Waals surface area contributed by atoms with E-state index in [1.165, 1.54) is 4.57 Å². The second-order valence-corrected chi connectivity index (χ2v) is 9.69. The number of carbonyl (C=O) groups excluding carboxylic acids is 1. The van der Waals surface area contributed by atoms with E-state index in [0.717, 1.165) is 35.1 Å². The number of esters is 1. The van der Waals surface area contributed by atoms with Gasteiger partial charge in [0.2, 0.25) is 0 Å². The predicted octanol–water partition coefficient (Wildman–Crippen LogP) is 4.02. The van der Waals surface area contributed by atoms with E-state index in [1.807, 2.05) is 30.3 Å². The van der Waals surface area contributed by atoms with Gasteiger partial charge in [0.1, 0.15) is 18.1 Å². The highest BCUT2D eigenvalue weighted by molar-refractivity contribution is 7.07. The van der Waals surface area contributed by atoms with Crippen LogP contribution in [0.4, 0.5) is 10.1 Å². The van der Waals surface area contributed by atoms with Crippen molar-refractivity contribution < 1.29 is 28.0 Å². The molecule has 10 nitrogen and oxygen atoms in total. The quantitative estimate of drug-likeness (QED) is 0.180. The largest absolute Gasteiger partial charge is 0.482 e. The van der Waals surface area contributed by atoms with Crippen molar-refractivity contribution in [1.82, 2.24) is 4.57 Å². The van der Waals surface area contributed by atoms with Crippen LogP contribution in [0, 0.1) is 15.9 Å². The predicted molar refractivity (Wildman–Crippen MR) is 143 cm³/mol. The van der Waals surface area contributed by atoms with Crippen LogP contribution < -0.4 is 19.6 Å². The molecule has 12 heteroatoms. The fourth-order valence-corrected chi connectivity index (χ4v) is 5.31. The van der Waals surface area contributed by atoms with Crippen molar-refractivity contribution in [3.63, 3.8) is 0 Å². The van der Waals surface area contributed by atoms with Crippen LogP contribution >= 0.6 is 11.3 Å². The monoisotopic (exact) mass is 563 g/mol. The number of aromatic nitrogens is 1. The van der Waals surface area contributed by atoms with Gasteiger partial charge in [0.15, 0.2) is 16.4 Å². The summed E-state index contributed by atoms with van der Waals surface area (Å²) in [5.74, 6) is -0.922. The molecule has 0 N–H and O–H groups in total. The van der Waals surface area contributed by atoms with Gasteiger partial charge in [-0.3, -0.25) is 19.5 Å². The molecule has 0 fully saturated rings. The smallest absolute Gasteiger partial charge is 0.338 e. The van der Waals surface area contributed by atoms with Crippen molar-refractivity contribution in [1.29, 1.82) is 0 Å². The van der Waals surface area contributed by atoms with E-state index in [-0.39, 0.29) is 35.8 Å². The van der Waals surface area contributed by atoms with Gasteiger partial charge in [0.25, 0.3) is 11.2 Å². The number of hydrogen-bond donors (Lipinski definition) is 0. The van der Waals surface area contributed by atoms with Crippen molar-refractivity contribution in [2.45, 2.75) is 26.5 Å². The van der Waals surface area contributed by atoms with Crippen molar-refractivity contribution in [3.8, 4) is 5.75 Å². The van der Waals surface area contributed by atoms with E-state index < -0.39 is 22.8 Å². The number of nitro groups is 1. The highest BCUT2D eigenvalue weighted by Gasteiger charge is 2.33. The number of furan rings is 1. The Bertz CT molecular complexity index is 1820. The first-order valence-electron chi connectivity index (χ1n) is 12.2. The van der Waals surface area contributed by atoms with Crippen LogP contribution in [0.5, 0.6) is 5.75 Å². The molecule has 0 amide bonds. The number of non-ortho nitro benzene ring substituents is 1. The van der Waals surface area contributed by atoms with Crippen LogP contribution in [-0.4, -0.2) is 22.1 Å². The summed E-state index contributed by atoms with van der Waals surface area (Å²) in [6, 6.07) is 14.7. The summed E-state index contributed by atoms with van der Waals surface area (Å²) in [6.45, 7) is 3.41. The third-order valence-corrected chi connectivity index (χ3v) is 7.07. The van der Waals surface area contributed by atoms with Gasteiger partial charge in [0, 0.05) is 12.1 Å². The van der Waals surface area contributed by atoms with Gasteiger partial charge >= 0.3 is 5.97 Å². The van der Waals surface area contributed by atoms with Gasteiger partial charge in [-0.1, -0.05) is 41.7 Å². The molecule has 0 saturated heterocycles. The molecule has 0 spiro atoms. The lowest BCUT2D eigenvalue weighted by molar-refractivity contribution is -0.385. The second kappa shape index (κ2) is 11.1. The van der Waals surface area contributed by atoms with Gasteiger partial charge < -0.3 is 13.9 Å². The molecule has 3 heterocycles. The molecule has 2 aromatic heterocycles. The number of allylic oxidation sites excluding steroid dienone is 1. The Balaban J connectivity index is 1.47.